The van der Waals surface area contributed by atoms with Crippen LogP contribution < -0.4 is 4.74 Å². The van der Waals surface area contributed by atoms with Gasteiger partial charge in [0.1, 0.15) is 12.4 Å². The molecule has 0 amide bonds. The first-order valence-electron chi connectivity index (χ1n) is 5.67. The maximum absolute atomic E-state index is 11.6. The minimum absolute atomic E-state index is 0.126. The van der Waals surface area contributed by atoms with Crippen molar-refractivity contribution in [2.24, 2.45) is 11.8 Å². The lowest BCUT2D eigenvalue weighted by Crippen LogP contribution is -2.25. The van der Waals surface area contributed by atoms with E-state index in [0.29, 0.717) is 12.5 Å². The fourth-order valence-corrected chi connectivity index (χ4v) is 2.17. The van der Waals surface area contributed by atoms with E-state index in [1.165, 1.54) is 7.11 Å². The third kappa shape index (κ3) is 3.46. The van der Waals surface area contributed by atoms with Crippen LogP contribution in [0.2, 0.25) is 0 Å². The van der Waals surface area contributed by atoms with E-state index >= 15 is 0 Å². The molecule has 17 heavy (non-hydrogen) atoms. The first-order chi connectivity index (χ1) is 8.20. The van der Waals surface area contributed by atoms with Gasteiger partial charge in [-0.05, 0) is 37.0 Å². The smallest absolute Gasteiger partial charge is 0.312 e. The number of carbonyl (C=O) groups excluding carboxylic acids is 1. The molecule has 1 aromatic rings. The zero-order chi connectivity index (χ0) is 12.3. The van der Waals surface area contributed by atoms with Crippen molar-refractivity contribution >= 4 is 21.9 Å². The summed E-state index contributed by atoms with van der Waals surface area (Å²) in [6.45, 7) is 0.397. The van der Waals surface area contributed by atoms with E-state index < -0.39 is 0 Å². The first kappa shape index (κ1) is 12.4. The highest BCUT2D eigenvalue weighted by Crippen LogP contribution is 2.37. The zero-order valence-electron chi connectivity index (χ0n) is 9.69. The normalized spacial score (nSPS) is 16.4. The number of methoxy groups -OCH3 is 1. The molecule has 1 fully saturated rings. The van der Waals surface area contributed by atoms with E-state index in [0.717, 1.165) is 23.1 Å². The highest BCUT2D eigenvalue weighted by atomic mass is 79.9. The molecule has 0 heterocycles. The highest BCUT2D eigenvalue weighted by molar-refractivity contribution is 9.10. The van der Waals surface area contributed by atoms with Gasteiger partial charge in [0, 0.05) is 4.47 Å². The molecule has 0 N–H and O–H groups in total. The number of esters is 1. The molecule has 0 spiro atoms. The van der Waals surface area contributed by atoms with E-state index in [4.69, 9.17) is 9.47 Å². The monoisotopic (exact) mass is 298 g/mol. The lowest BCUT2D eigenvalue weighted by atomic mass is 10.1. The summed E-state index contributed by atoms with van der Waals surface area (Å²) in [6, 6.07) is 7.61. The minimum Gasteiger partial charge on any atom is -0.493 e. The van der Waals surface area contributed by atoms with Gasteiger partial charge in [0.05, 0.1) is 13.0 Å². The molecule has 1 aliphatic rings. The Kier molecular flexibility index (Phi) is 4.05. The first-order valence-corrected chi connectivity index (χ1v) is 6.46. The number of hydrogen-bond donors (Lipinski definition) is 0. The van der Waals surface area contributed by atoms with Gasteiger partial charge in [-0.25, -0.2) is 0 Å². The Morgan fingerprint density at radius 3 is 2.88 bits per heavy atom. The van der Waals surface area contributed by atoms with Crippen LogP contribution in [0, 0.1) is 11.8 Å². The summed E-state index contributed by atoms with van der Waals surface area (Å²) in [5.41, 5.74) is 0. The number of rotatable bonds is 5. The van der Waals surface area contributed by atoms with Crippen molar-refractivity contribution < 1.29 is 14.3 Å². The average Bonchev–Trinajstić information content (AvgIpc) is 3.13. The van der Waals surface area contributed by atoms with Crippen LogP contribution in [0.25, 0.3) is 0 Å². The second-order valence-corrected chi connectivity index (χ2v) is 5.15. The molecule has 2 rings (SSSR count). The van der Waals surface area contributed by atoms with Gasteiger partial charge in [-0.3, -0.25) is 4.79 Å². The molecule has 1 atom stereocenters. The molecule has 0 aliphatic heterocycles. The second-order valence-electron chi connectivity index (χ2n) is 4.24. The van der Waals surface area contributed by atoms with E-state index in [1.807, 2.05) is 24.3 Å². The Bertz CT molecular complexity index is 401. The van der Waals surface area contributed by atoms with Crippen LogP contribution >= 0.6 is 15.9 Å². The molecule has 1 unspecified atom stereocenters. The lowest BCUT2D eigenvalue weighted by Gasteiger charge is -2.14. The van der Waals surface area contributed by atoms with Crippen molar-refractivity contribution in [3.8, 4) is 5.75 Å². The van der Waals surface area contributed by atoms with Crippen molar-refractivity contribution in [1.29, 1.82) is 0 Å². The minimum atomic E-state index is -0.164. The van der Waals surface area contributed by atoms with Gasteiger partial charge in [0.2, 0.25) is 0 Å². The van der Waals surface area contributed by atoms with E-state index in [1.54, 1.807) is 0 Å². The molecule has 1 saturated carbocycles. The van der Waals surface area contributed by atoms with Crippen molar-refractivity contribution in [1.82, 2.24) is 0 Å². The lowest BCUT2D eigenvalue weighted by molar-refractivity contribution is -0.147. The zero-order valence-corrected chi connectivity index (χ0v) is 11.3. The van der Waals surface area contributed by atoms with Gasteiger partial charge < -0.3 is 9.47 Å². The Hall–Kier alpha value is -1.03. The van der Waals surface area contributed by atoms with Gasteiger partial charge in [-0.2, -0.15) is 0 Å². The molecule has 0 saturated heterocycles. The van der Waals surface area contributed by atoms with E-state index in [-0.39, 0.29) is 11.9 Å². The summed E-state index contributed by atoms with van der Waals surface area (Å²) in [7, 11) is 1.43. The average molecular weight is 299 g/mol. The standard InChI is InChI=1S/C13H15BrO3/c1-16-13(15)12(9-5-6-9)8-17-11-4-2-3-10(14)7-11/h2-4,7,9,12H,5-6,8H2,1H3. The fraction of sp³-hybridized carbons (Fsp3) is 0.462. The summed E-state index contributed by atoms with van der Waals surface area (Å²) in [4.78, 5) is 11.6. The summed E-state index contributed by atoms with van der Waals surface area (Å²) in [5.74, 6) is 0.921. The molecule has 1 aromatic carbocycles. The maximum atomic E-state index is 11.6. The Morgan fingerprint density at radius 1 is 1.53 bits per heavy atom. The van der Waals surface area contributed by atoms with Gasteiger partial charge >= 0.3 is 5.97 Å². The molecule has 92 valence electrons. The summed E-state index contributed by atoms with van der Waals surface area (Å²) in [6.07, 6.45) is 2.20. The quantitative estimate of drug-likeness (QED) is 0.784. The SMILES string of the molecule is COC(=O)C(COc1cccc(Br)c1)C1CC1. The number of hydrogen-bond acceptors (Lipinski definition) is 3. The molecule has 0 bridgehead atoms. The van der Waals surface area contributed by atoms with Crippen LogP contribution in [0.15, 0.2) is 28.7 Å². The Labute approximate surface area is 109 Å². The topological polar surface area (TPSA) is 35.5 Å². The Morgan fingerprint density at radius 2 is 2.29 bits per heavy atom. The van der Waals surface area contributed by atoms with Crippen LogP contribution in [-0.4, -0.2) is 19.7 Å². The fourth-order valence-electron chi connectivity index (χ4n) is 1.79. The van der Waals surface area contributed by atoms with Crippen LogP contribution in [0.5, 0.6) is 5.75 Å². The second kappa shape index (κ2) is 5.54. The van der Waals surface area contributed by atoms with Crippen LogP contribution in [0.3, 0.4) is 0 Å². The molecular weight excluding hydrogens is 284 g/mol. The third-order valence-electron chi connectivity index (χ3n) is 2.92. The van der Waals surface area contributed by atoms with Gasteiger partial charge in [-0.15, -0.1) is 0 Å². The van der Waals surface area contributed by atoms with Gasteiger partial charge in [-0.1, -0.05) is 22.0 Å². The number of ether oxygens (including phenoxy) is 2. The van der Waals surface area contributed by atoms with Gasteiger partial charge in [0.25, 0.3) is 0 Å². The van der Waals surface area contributed by atoms with Gasteiger partial charge in [0.15, 0.2) is 0 Å². The number of carbonyl (C=O) groups is 1. The summed E-state index contributed by atoms with van der Waals surface area (Å²) in [5, 5.41) is 0. The predicted molar refractivity (Wildman–Crippen MR) is 67.9 cm³/mol. The molecule has 4 heteroatoms. The van der Waals surface area contributed by atoms with E-state index in [9.17, 15) is 4.79 Å². The summed E-state index contributed by atoms with van der Waals surface area (Å²) < 4.78 is 11.4. The molecular formula is C13H15BrO3. The molecule has 3 nitrogen and oxygen atoms in total. The number of halogens is 1. The highest BCUT2D eigenvalue weighted by Gasteiger charge is 2.37. The van der Waals surface area contributed by atoms with Crippen molar-refractivity contribution in [2.75, 3.05) is 13.7 Å². The van der Waals surface area contributed by atoms with Crippen LogP contribution in [0.4, 0.5) is 0 Å². The molecule has 0 radical (unpaired) electrons. The third-order valence-corrected chi connectivity index (χ3v) is 3.41. The Balaban J connectivity index is 1.93. The molecule has 0 aromatic heterocycles. The van der Waals surface area contributed by atoms with E-state index in [2.05, 4.69) is 15.9 Å². The van der Waals surface area contributed by atoms with Crippen molar-refractivity contribution in [2.45, 2.75) is 12.8 Å². The maximum Gasteiger partial charge on any atom is 0.312 e. The van der Waals surface area contributed by atoms with Crippen molar-refractivity contribution in [3.05, 3.63) is 28.7 Å². The van der Waals surface area contributed by atoms with Crippen LogP contribution in [0.1, 0.15) is 12.8 Å². The predicted octanol–water partition coefficient (Wildman–Crippen LogP) is 3.03. The summed E-state index contributed by atoms with van der Waals surface area (Å²) >= 11 is 3.38. The number of benzene rings is 1. The largest absolute Gasteiger partial charge is 0.493 e. The van der Waals surface area contributed by atoms with Crippen molar-refractivity contribution in [3.63, 3.8) is 0 Å². The molecule has 1 aliphatic carbocycles. The van der Waals surface area contributed by atoms with Crippen LogP contribution in [-0.2, 0) is 9.53 Å².